The van der Waals surface area contributed by atoms with E-state index in [4.69, 9.17) is 0 Å². The average molecular weight is 392 g/mol. The number of rotatable bonds is 5. The molecule has 0 atom stereocenters. The number of nitrogens with zero attached hydrogens (tertiary/aromatic N) is 4. The van der Waals surface area contributed by atoms with Crippen LogP contribution in [0.2, 0.25) is 0 Å². The molecule has 1 aliphatic rings. The predicted molar refractivity (Wildman–Crippen MR) is 105 cm³/mol. The maximum Gasteiger partial charge on any atom is 0.321 e. The molecule has 0 saturated carbocycles. The van der Waals surface area contributed by atoms with Crippen molar-refractivity contribution < 1.29 is 14.5 Å². The highest BCUT2D eigenvalue weighted by Crippen LogP contribution is 2.25. The van der Waals surface area contributed by atoms with E-state index in [2.05, 4.69) is 15.6 Å². The molecule has 3 aromatic rings. The first-order chi connectivity index (χ1) is 14.0. The fraction of sp³-hybridized carbons (Fsp3) is 0.105. The summed E-state index contributed by atoms with van der Waals surface area (Å²) in [6.07, 6.45) is 4.55. The van der Waals surface area contributed by atoms with Crippen LogP contribution in [0.1, 0.15) is 10.4 Å². The van der Waals surface area contributed by atoms with Crippen molar-refractivity contribution in [2.24, 2.45) is 0 Å². The minimum atomic E-state index is -0.540. The Kier molecular flexibility index (Phi) is 4.65. The van der Waals surface area contributed by atoms with E-state index < -0.39 is 10.8 Å². The molecule has 1 saturated heterocycles. The number of carbonyl (C=O) groups is 2. The number of benzene rings is 2. The van der Waals surface area contributed by atoms with Gasteiger partial charge in [-0.15, -0.1) is 0 Å². The summed E-state index contributed by atoms with van der Waals surface area (Å²) in [5.74, 6) is -0.475. The fourth-order valence-electron chi connectivity index (χ4n) is 3.08. The van der Waals surface area contributed by atoms with Crippen molar-refractivity contribution in [3.05, 3.63) is 76.9 Å². The van der Waals surface area contributed by atoms with Crippen molar-refractivity contribution in [2.75, 3.05) is 23.3 Å². The van der Waals surface area contributed by atoms with Crippen LogP contribution in [0.25, 0.3) is 5.69 Å². The van der Waals surface area contributed by atoms with Crippen molar-refractivity contribution in [3.63, 3.8) is 0 Å². The molecule has 29 heavy (non-hydrogen) atoms. The molecular weight excluding hydrogens is 376 g/mol. The Morgan fingerprint density at radius 3 is 2.62 bits per heavy atom. The Morgan fingerprint density at radius 1 is 1.21 bits per heavy atom. The summed E-state index contributed by atoms with van der Waals surface area (Å²) in [5.41, 5.74) is 1.50. The highest BCUT2D eigenvalue weighted by molar-refractivity contribution is 6.05. The fourth-order valence-corrected chi connectivity index (χ4v) is 3.08. The normalized spacial score (nSPS) is 13.2. The number of aromatic nitrogens is 2. The third-order valence-electron chi connectivity index (χ3n) is 4.51. The number of nitro benzene ring substituents is 1. The molecule has 2 N–H and O–H groups in total. The van der Waals surface area contributed by atoms with Crippen LogP contribution in [-0.2, 0) is 0 Å². The van der Waals surface area contributed by atoms with Crippen LogP contribution in [0.3, 0.4) is 0 Å². The van der Waals surface area contributed by atoms with Gasteiger partial charge < -0.3 is 15.2 Å². The SMILES string of the molecule is O=C(Nc1ccc(N2CCNC2=O)cc1)c1ccc(-n2ccnc2)c([N+](=O)[O-])c1. The van der Waals surface area contributed by atoms with Gasteiger partial charge in [0, 0.05) is 48.5 Å². The first-order valence-electron chi connectivity index (χ1n) is 8.76. The van der Waals surface area contributed by atoms with Crippen molar-refractivity contribution in [1.82, 2.24) is 14.9 Å². The molecule has 0 aliphatic carbocycles. The Balaban J connectivity index is 1.53. The lowest BCUT2D eigenvalue weighted by Gasteiger charge is -2.14. The molecule has 1 aromatic heterocycles. The summed E-state index contributed by atoms with van der Waals surface area (Å²) >= 11 is 0. The average Bonchev–Trinajstić information content (AvgIpc) is 3.40. The van der Waals surface area contributed by atoms with Crippen LogP contribution < -0.4 is 15.5 Å². The molecule has 0 radical (unpaired) electrons. The van der Waals surface area contributed by atoms with E-state index >= 15 is 0 Å². The number of urea groups is 1. The highest BCUT2D eigenvalue weighted by Gasteiger charge is 2.21. The Morgan fingerprint density at radius 2 is 2.00 bits per heavy atom. The lowest BCUT2D eigenvalue weighted by Crippen LogP contribution is -2.27. The van der Waals surface area contributed by atoms with E-state index in [0.717, 1.165) is 5.69 Å². The van der Waals surface area contributed by atoms with E-state index in [1.54, 1.807) is 35.4 Å². The van der Waals surface area contributed by atoms with E-state index in [1.165, 1.54) is 35.3 Å². The van der Waals surface area contributed by atoms with Gasteiger partial charge in [-0.1, -0.05) is 0 Å². The zero-order chi connectivity index (χ0) is 20.4. The summed E-state index contributed by atoms with van der Waals surface area (Å²) < 4.78 is 1.51. The van der Waals surface area contributed by atoms with Gasteiger partial charge in [0.1, 0.15) is 5.69 Å². The van der Waals surface area contributed by atoms with Gasteiger partial charge in [-0.25, -0.2) is 9.78 Å². The number of hydrogen-bond acceptors (Lipinski definition) is 5. The Bertz CT molecular complexity index is 1080. The zero-order valence-electron chi connectivity index (χ0n) is 15.1. The molecule has 0 bridgehead atoms. The molecule has 0 unspecified atom stereocenters. The second-order valence-electron chi connectivity index (χ2n) is 6.32. The summed E-state index contributed by atoms with van der Waals surface area (Å²) in [5, 5.41) is 16.9. The molecule has 2 aromatic carbocycles. The van der Waals surface area contributed by atoms with Crippen LogP contribution >= 0.6 is 0 Å². The number of imidazole rings is 1. The minimum absolute atomic E-state index is 0.156. The lowest BCUT2D eigenvalue weighted by molar-refractivity contribution is -0.384. The third-order valence-corrected chi connectivity index (χ3v) is 4.51. The quantitative estimate of drug-likeness (QED) is 0.510. The second-order valence-corrected chi connectivity index (χ2v) is 6.32. The summed E-state index contributed by atoms with van der Waals surface area (Å²) in [7, 11) is 0. The summed E-state index contributed by atoms with van der Waals surface area (Å²) in [6, 6.07) is 10.9. The zero-order valence-corrected chi connectivity index (χ0v) is 15.1. The van der Waals surface area contributed by atoms with E-state index in [0.29, 0.717) is 24.5 Å². The standard InChI is InChI=1S/C19H16N6O4/c26-18(22-14-2-4-15(5-3-14)24-10-8-21-19(24)27)13-1-6-16(17(11-13)25(28)29)23-9-7-20-12-23/h1-7,9,11-12H,8,10H2,(H,21,27)(H,22,26). The third kappa shape index (κ3) is 3.63. The number of amides is 3. The van der Waals surface area contributed by atoms with Crippen LogP contribution in [0, 0.1) is 10.1 Å². The van der Waals surface area contributed by atoms with E-state index in [1.807, 2.05) is 0 Å². The number of hydrogen-bond donors (Lipinski definition) is 2. The van der Waals surface area contributed by atoms with Gasteiger partial charge in [-0.2, -0.15) is 0 Å². The van der Waals surface area contributed by atoms with Gasteiger partial charge in [-0.3, -0.25) is 19.8 Å². The Hall–Kier alpha value is -4.21. The molecular formula is C19H16N6O4. The Labute approximate surface area is 164 Å². The monoisotopic (exact) mass is 392 g/mol. The van der Waals surface area contributed by atoms with E-state index in [9.17, 15) is 19.7 Å². The van der Waals surface area contributed by atoms with Crippen LogP contribution in [-0.4, -0.2) is 39.5 Å². The van der Waals surface area contributed by atoms with Crippen LogP contribution in [0.5, 0.6) is 0 Å². The highest BCUT2D eigenvalue weighted by atomic mass is 16.6. The number of anilines is 2. The molecule has 1 fully saturated rings. The number of nitro groups is 1. The van der Waals surface area contributed by atoms with Crippen molar-refractivity contribution in [3.8, 4) is 5.69 Å². The van der Waals surface area contributed by atoms with Crippen LogP contribution in [0.4, 0.5) is 21.9 Å². The minimum Gasteiger partial charge on any atom is -0.336 e. The van der Waals surface area contributed by atoms with E-state index in [-0.39, 0.29) is 17.3 Å². The molecule has 4 rings (SSSR count). The van der Waals surface area contributed by atoms with Crippen molar-refractivity contribution in [2.45, 2.75) is 0 Å². The summed E-state index contributed by atoms with van der Waals surface area (Å²) in [4.78, 5) is 40.6. The first-order valence-corrected chi connectivity index (χ1v) is 8.76. The van der Waals surface area contributed by atoms with Gasteiger partial charge in [0.05, 0.1) is 11.3 Å². The van der Waals surface area contributed by atoms with Gasteiger partial charge in [0.15, 0.2) is 0 Å². The van der Waals surface area contributed by atoms with Crippen molar-refractivity contribution >= 4 is 29.0 Å². The largest absolute Gasteiger partial charge is 0.336 e. The maximum atomic E-state index is 12.6. The molecule has 0 spiro atoms. The second kappa shape index (κ2) is 7.43. The number of carbonyl (C=O) groups excluding carboxylic acids is 2. The van der Waals surface area contributed by atoms with Crippen LogP contribution in [0.15, 0.2) is 61.2 Å². The number of nitrogens with one attached hydrogen (secondary N) is 2. The molecule has 2 heterocycles. The molecule has 146 valence electrons. The molecule has 1 aliphatic heterocycles. The molecule has 10 heteroatoms. The topological polar surface area (TPSA) is 122 Å². The lowest BCUT2D eigenvalue weighted by atomic mass is 10.1. The van der Waals surface area contributed by atoms with Gasteiger partial charge in [0.2, 0.25) is 0 Å². The molecule has 3 amide bonds. The van der Waals surface area contributed by atoms with Gasteiger partial charge >= 0.3 is 6.03 Å². The predicted octanol–water partition coefficient (Wildman–Crippen LogP) is 2.56. The first kappa shape index (κ1) is 18.2. The smallest absolute Gasteiger partial charge is 0.321 e. The van der Waals surface area contributed by atoms with Gasteiger partial charge in [-0.05, 0) is 36.4 Å². The maximum absolute atomic E-state index is 12.6. The van der Waals surface area contributed by atoms with Crippen molar-refractivity contribution in [1.29, 1.82) is 0 Å². The van der Waals surface area contributed by atoms with Gasteiger partial charge in [0.25, 0.3) is 11.6 Å². The molecule has 10 nitrogen and oxygen atoms in total. The summed E-state index contributed by atoms with van der Waals surface area (Å²) in [6.45, 7) is 1.17.